The van der Waals surface area contributed by atoms with Gasteiger partial charge in [0, 0.05) is 5.56 Å². The van der Waals surface area contributed by atoms with Crippen LogP contribution >= 0.6 is 15.9 Å². The van der Waals surface area contributed by atoms with Crippen LogP contribution in [0.1, 0.15) is 15.9 Å². The minimum Gasteiger partial charge on any atom is -0.289 e. The van der Waals surface area contributed by atoms with E-state index < -0.39 is 0 Å². The molecule has 0 amide bonds. The van der Waals surface area contributed by atoms with Gasteiger partial charge in [0.1, 0.15) is 5.82 Å². The van der Waals surface area contributed by atoms with E-state index in [-0.39, 0.29) is 11.6 Å². The Morgan fingerprint density at radius 3 is 2.50 bits per heavy atom. The number of allylic oxidation sites excluding steroid dienone is 1. The summed E-state index contributed by atoms with van der Waals surface area (Å²) in [4.78, 5) is 11.8. The molecular formula is C15H10BrFO. The van der Waals surface area contributed by atoms with E-state index in [0.29, 0.717) is 10.0 Å². The van der Waals surface area contributed by atoms with Gasteiger partial charge in [0.25, 0.3) is 0 Å². The van der Waals surface area contributed by atoms with Crippen molar-refractivity contribution in [2.75, 3.05) is 0 Å². The third-order valence-electron chi connectivity index (χ3n) is 2.43. The fraction of sp³-hybridized carbons (Fsp3) is 0. The summed E-state index contributed by atoms with van der Waals surface area (Å²) in [5, 5.41) is 0. The summed E-state index contributed by atoms with van der Waals surface area (Å²) in [5.74, 6) is -0.391. The fourth-order valence-electron chi connectivity index (χ4n) is 1.49. The Morgan fingerprint density at radius 2 is 1.83 bits per heavy atom. The molecule has 0 radical (unpaired) electrons. The summed E-state index contributed by atoms with van der Waals surface area (Å²) in [6.45, 7) is 0. The molecule has 0 fully saturated rings. The molecule has 0 unspecified atom stereocenters. The van der Waals surface area contributed by atoms with E-state index in [0.717, 1.165) is 5.56 Å². The van der Waals surface area contributed by atoms with Crippen LogP contribution in [0.25, 0.3) is 6.08 Å². The van der Waals surface area contributed by atoms with Crippen LogP contribution in [0, 0.1) is 5.82 Å². The van der Waals surface area contributed by atoms with Gasteiger partial charge in [-0.3, -0.25) is 4.79 Å². The second kappa shape index (κ2) is 5.74. The molecule has 0 aliphatic heterocycles. The fourth-order valence-corrected chi connectivity index (χ4v) is 1.88. The van der Waals surface area contributed by atoms with Crippen LogP contribution < -0.4 is 0 Å². The molecule has 2 aromatic rings. The molecule has 1 nitrogen and oxygen atoms in total. The van der Waals surface area contributed by atoms with Gasteiger partial charge < -0.3 is 0 Å². The minimum atomic E-state index is -0.318. The Hall–Kier alpha value is -1.74. The molecule has 0 spiro atoms. The molecule has 0 saturated carbocycles. The maximum Gasteiger partial charge on any atom is 0.185 e. The van der Waals surface area contributed by atoms with Crippen molar-refractivity contribution in [3.05, 3.63) is 76.0 Å². The van der Waals surface area contributed by atoms with Crippen LogP contribution in [0.5, 0.6) is 0 Å². The van der Waals surface area contributed by atoms with Gasteiger partial charge in [-0.2, -0.15) is 0 Å². The molecule has 0 N–H and O–H groups in total. The third-order valence-corrected chi connectivity index (χ3v) is 3.04. The van der Waals surface area contributed by atoms with Crippen LogP contribution in [0.3, 0.4) is 0 Å². The minimum absolute atomic E-state index is 0.0731. The number of hydrogen-bond acceptors (Lipinski definition) is 1. The predicted molar refractivity (Wildman–Crippen MR) is 73.9 cm³/mol. The van der Waals surface area contributed by atoms with Crippen LogP contribution in [0.4, 0.5) is 4.39 Å². The van der Waals surface area contributed by atoms with Gasteiger partial charge >= 0.3 is 0 Å². The van der Waals surface area contributed by atoms with E-state index in [1.54, 1.807) is 30.3 Å². The largest absolute Gasteiger partial charge is 0.289 e. The maximum atomic E-state index is 13.0. The van der Waals surface area contributed by atoms with Crippen molar-refractivity contribution in [3.63, 3.8) is 0 Å². The normalized spacial score (nSPS) is 10.8. The lowest BCUT2D eigenvalue weighted by molar-refractivity contribution is 0.104. The molecule has 0 aliphatic carbocycles. The van der Waals surface area contributed by atoms with Crippen molar-refractivity contribution in [3.8, 4) is 0 Å². The third kappa shape index (κ3) is 3.14. The summed E-state index contributed by atoms with van der Waals surface area (Å²) in [6.07, 6.45) is 3.15. The first kappa shape index (κ1) is 12.7. The Bertz CT molecular complexity index is 591. The Morgan fingerprint density at radius 1 is 1.11 bits per heavy atom. The first-order chi connectivity index (χ1) is 8.66. The summed E-state index contributed by atoms with van der Waals surface area (Å²) >= 11 is 3.10. The van der Waals surface area contributed by atoms with Crippen molar-refractivity contribution in [1.29, 1.82) is 0 Å². The second-order valence-electron chi connectivity index (χ2n) is 3.74. The lowest BCUT2D eigenvalue weighted by atomic mass is 10.1. The lowest BCUT2D eigenvalue weighted by Gasteiger charge is -1.97. The van der Waals surface area contributed by atoms with Crippen molar-refractivity contribution in [2.24, 2.45) is 0 Å². The zero-order valence-corrected chi connectivity index (χ0v) is 11.0. The zero-order valence-electron chi connectivity index (χ0n) is 9.44. The number of carbonyl (C=O) groups excluding carboxylic acids is 1. The molecule has 0 aliphatic rings. The average molecular weight is 305 g/mol. The highest BCUT2D eigenvalue weighted by Gasteiger charge is 2.01. The molecule has 0 atom stereocenters. The molecule has 2 aromatic carbocycles. The molecule has 0 aromatic heterocycles. The maximum absolute atomic E-state index is 13.0. The molecule has 0 saturated heterocycles. The summed E-state index contributed by atoms with van der Waals surface area (Å²) in [5.41, 5.74) is 1.41. The topological polar surface area (TPSA) is 17.1 Å². The monoisotopic (exact) mass is 304 g/mol. The summed E-state index contributed by atoms with van der Waals surface area (Å²) in [6, 6.07) is 13.6. The first-order valence-corrected chi connectivity index (χ1v) is 6.18. The van der Waals surface area contributed by atoms with Gasteiger partial charge in [-0.1, -0.05) is 42.5 Å². The molecule has 0 heterocycles. The highest BCUT2D eigenvalue weighted by molar-refractivity contribution is 9.10. The smallest absolute Gasteiger partial charge is 0.185 e. The molecular weight excluding hydrogens is 295 g/mol. The van der Waals surface area contributed by atoms with E-state index in [1.165, 1.54) is 12.1 Å². The van der Waals surface area contributed by atoms with E-state index >= 15 is 0 Å². The molecule has 0 bridgehead atoms. The van der Waals surface area contributed by atoms with Crippen molar-refractivity contribution in [2.45, 2.75) is 0 Å². The van der Waals surface area contributed by atoms with Crippen LogP contribution in [-0.2, 0) is 0 Å². The highest BCUT2D eigenvalue weighted by atomic mass is 79.9. The van der Waals surface area contributed by atoms with E-state index in [1.807, 2.05) is 18.2 Å². The molecule has 3 heteroatoms. The Balaban J connectivity index is 2.16. The number of hydrogen-bond donors (Lipinski definition) is 0. The summed E-state index contributed by atoms with van der Waals surface area (Å²) in [7, 11) is 0. The van der Waals surface area contributed by atoms with Crippen LogP contribution in [0.15, 0.2) is 59.1 Å². The van der Waals surface area contributed by atoms with E-state index in [9.17, 15) is 9.18 Å². The van der Waals surface area contributed by atoms with E-state index in [2.05, 4.69) is 15.9 Å². The molecule has 90 valence electrons. The highest BCUT2D eigenvalue weighted by Crippen LogP contribution is 2.17. The van der Waals surface area contributed by atoms with Gasteiger partial charge in [-0.25, -0.2) is 4.39 Å². The number of halogens is 2. The second-order valence-corrected chi connectivity index (χ2v) is 4.59. The Labute approximate surface area is 113 Å². The van der Waals surface area contributed by atoms with Gasteiger partial charge in [0.2, 0.25) is 0 Å². The quantitative estimate of drug-likeness (QED) is 0.603. The summed E-state index contributed by atoms with van der Waals surface area (Å²) < 4.78 is 13.4. The van der Waals surface area contributed by atoms with Gasteiger partial charge in [0.05, 0.1) is 4.47 Å². The van der Waals surface area contributed by atoms with E-state index in [4.69, 9.17) is 0 Å². The Kier molecular flexibility index (Phi) is 4.05. The SMILES string of the molecule is O=C(/C=C/c1ccc(F)c(Br)c1)c1ccccc1. The number of carbonyl (C=O) groups is 1. The number of benzene rings is 2. The molecule has 18 heavy (non-hydrogen) atoms. The average Bonchev–Trinajstić information content (AvgIpc) is 2.41. The predicted octanol–water partition coefficient (Wildman–Crippen LogP) is 4.48. The number of ketones is 1. The zero-order chi connectivity index (χ0) is 13.0. The van der Waals surface area contributed by atoms with Crippen molar-refractivity contribution < 1.29 is 9.18 Å². The van der Waals surface area contributed by atoms with Gasteiger partial charge in [0.15, 0.2) is 5.78 Å². The lowest BCUT2D eigenvalue weighted by Crippen LogP contribution is -1.92. The van der Waals surface area contributed by atoms with Crippen molar-refractivity contribution in [1.82, 2.24) is 0 Å². The standard InChI is InChI=1S/C15H10BrFO/c16-13-10-11(6-8-14(13)17)7-9-15(18)12-4-2-1-3-5-12/h1-10H/b9-7+. The van der Waals surface area contributed by atoms with Gasteiger partial charge in [-0.15, -0.1) is 0 Å². The first-order valence-electron chi connectivity index (χ1n) is 5.39. The number of rotatable bonds is 3. The van der Waals surface area contributed by atoms with Gasteiger partial charge in [-0.05, 0) is 39.7 Å². The van der Waals surface area contributed by atoms with Crippen LogP contribution in [0.2, 0.25) is 0 Å². The van der Waals surface area contributed by atoms with Crippen LogP contribution in [-0.4, -0.2) is 5.78 Å². The molecule has 2 rings (SSSR count). The van der Waals surface area contributed by atoms with Crippen molar-refractivity contribution >= 4 is 27.8 Å².